The number of aryl methyl sites for hydroxylation is 2. The first-order valence-corrected chi connectivity index (χ1v) is 11.5. The summed E-state index contributed by atoms with van der Waals surface area (Å²) in [5.74, 6) is -2.33. The molecule has 32 heavy (non-hydrogen) atoms. The molecule has 7 nitrogen and oxygen atoms in total. The molecule has 3 rings (SSSR count). The topological polar surface area (TPSA) is 116 Å². The lowest BCUT2D eigenvalue weighted by Gasteiger charge is -2.14. The predicted molar refractivity (Wildman–Crippen MR) is 123 cm³/mol. The Kier molecular flexibility index (Phi) is 7.16. The molecule has 3 N–H and O–H groups in total. The number of benzene rings is 1. The van der Waals surface area contributed by atoms with Gasteiger partial charge in [0.15, 0.2) is 5.78 Å². The van der Waals surface area contributed by atoms with Crippen LogP contribution >= 0.6 is 0 Å². The Bertz CT molecular complexity index is 1070. The van der Waals surface area contributed by atoms with Crippen LogP contribution < -0.4 is 0 Å². The van der Waals surface area contributed by atoms with Crippen LogP contribution in [0.15, 0.2) is 6.07 Å². The second-order valence-electron chi connectivity index (χ2n) is 8.56. The lowest BCUT2D eigenvalue weighted by molar-refractivity contribution is -0.140. The van der Waals surface area contributed by atoms with Gasteiger partial charge in [-0.05, 0) is 67.7 Å². The van der Waals surface area contributed by atoms with Gasteiger partial charge in [-0.25, -0.2) is 0 Å². The van der Waals surface area contributed by atoms with E-state index >= 15 is 0 Å². The van der Waals surface area contributed by atoms with Crippen molar-refractivity contribution in [2.75, 3.05) is 0 Å². The third kappa shape index (κ3) is 4.33. The summed E-state index contributed by atoms with van der Waals surface area (Å²) in [5.41, 5.74) is 6.97. The first-order chi connectivity index (χ1) is 15.2. The molecule has 0 saturated carbocycles. The molecule has 0 saturated heterocycles. The number of aliphatic carboxylic acids is 1. The van der Waals surface area contributed by atoms with E-state index < -0.39 is 17.7 Å². The van der Waals surface area contributed by atoms with Gasteiger partial charge in [-0.3, -0.25) is 14.3 Å². The number of Topliss-reactive ketones (excluding diaryl/α,β-unsaturated/α-hetero) is 1. The van der Waals surface area contributed by atoms with Crippen LogP contribution in [0.5, 0.6) is 5.75 Å². The molecule has 1 heterocycles. The Morgan fingerprint density at radius 2 is 1.88 bits per heavy atom. The maximum absolute atomic E-state index is 12.7. The number of nitrogens with one attached hydrogen (secondary N) is 1. The Labute approximate surface area is 189 Å². The molecule has 0 amide bonds. The number of aromatic nitrogens is 2. The molecule has 172 valence electrons. The highest BCUT2D eigenvalue weighted by Crippen LogP contribution is 2.37. The normalized spacial score (nSPS) is 13.8. The summed E-state index contributed by atoms with van der Waals surface area (Å²) in [4.78, 5) is 24.1. The number of carbonyl (C=O) groups is 2. The number of carboxylic acids is 1. The minimum atomic E-state index is -1.14. The number of phenols is 1. The summed E-state index contributed by atoms with van der Waals surface area (Å²) >= 11 is 0. The third-order valence-corrected chi connectivity index (χ3v) is 6.59. The highest BCUT2D eigenvalue weighted by atomic mass is 16.4. The molecule has 2 aromatic rings. The number of fused-ring (bicyclic) bond motifs is 1. The van der Waals surface area contributed by atoms with Crippen LogP contribution in [0.25, 0.3) is 0 Å². The molecule has 0 bridgehead atoms. The Morgan fingerprint density at radius 1 is 1.19 bits per heavy atom. The summed E-state index contributed by atoms with van der Waals surface area (Å²) in [6, 6.07) is 2.06. The average Bonchev–Trinajstić information content (AvgIpc) is 3.37. The number of nitrogens with zero attached hydrogens (tertiary/aromatic N) is 2. The molecule has 1 unspecified atom stereocenters. The summed E-state index contributed by atoms with van der Waals surface area (Å²) in [6.07, 6.45) is 5.18. The monoisotopic (exact) mass is 439 g/mol. The van der Waals surface area contributed by atoms with E-state index in [1.165, 1.54) is 11.1 Å². The molecule has 7 heteroatoms. The van der Waals surface area contributed by atoms with E-state index in [0.717, 1.165) is 47.3 Å². The summed E-state index contributed by atoms with van der Waals surface area (Å²) in [5, 5.41) is 32.5. The van der Waals surface area contributed by atoms with Gasteiger partial charge in [-0.15, -0.1) is 0 Å². The standard InChI is InChI=1S/C25H33N3O4/c1-5-16(25(31)32)23(26)22(29)13-28-21(7-3)19(20(6-2)27-28)12-15-11-14(4)24(30)18-10-8-9-17(15)18/h11,16,26,30H,5-10,12-13H2,1-4H3,(H,31,32). The zero-order chi connectivity index (χ0) is 23.6. The van der Waals surface area contributed by atoms with Crippen LogP contribution in [0.3, 0.4) is 0 Å². The van der Waals surface area contributed by atoms with Crippen LogP contribution in [0, 0.1) is 18.3 Å². The van der Waals surface area contributed by atoms with Crippen molar-refractivity contribution >= 4 is 17.5 Å². The molecular weight excluding hydrogens is 406 g/mol. The number of hydrogen-bond acceptors (Lipinski definition) is 5. The van der Waals surface area contributed by atoms with E-state index in [4.69, 9.17) is 5.41 Å². The van der Waals surface area contributed by atoms with Gasteiger partial charge < -0.3 is 15.6 Å². The van der Waals surface area contributed by atoms with Crippen molar-refractivity contribution in [3.63, 3.8) is 0 Å². The second kappa shape index (κ2) is 9.67. The molecule has 1 aliphatic rings. The first kappa shape index (κ1) is 23.7. The van der Waals surface area contributed by atoms with E-state index in [1.807, 2.05) is 20.8 Å². The maximum Gasteiger partial charge on any atom is 0.312 e. The molecule has 0 spiro atoms. The SMILES string of the molecule is CCc1nn(CC(=O)C(=N)C(CC)C(=O)O)c(CC)c1Cc1cc(C)c(O)c2c1CCC2. The van der Waals surface area contributed by atoms with Gasteiger partial charge in [0.25, 0.3) is 0 Å². The third-order valence-electron chi connectivity index (χ3n) is 6.59. The zero-order valence-electron chi connectivity index (χ0n) is 19.4. The van der Waals surface area contributed by atoms with Crippen molar-refractivity contribution in [2.24, 2.45) is 5.92 Å². The highest BCUT2D eigenvalue weighted by molar-refractivity contribution is 6.42. The molecule has 0 aliphatic heterocycles. The summed E-state index contributed by atoms with van der Waals surface area (Å²) < 4.78 is 1.66. The molecule has 0 fully saturated rings. The molecule has 1 aromatic carbocycles. The zero-order valence-corrected chi connectivity index (χ0v) is 19.4. The number of carboxylic acid groups (broad SMARTS) is 1. The van der Waals surface area contributed by atoms with Crippen molar-refractivity contribution in [1.82, 2.24) is 9.78 Å². The van der Waals surface area contributed by atoms with E-state index in [2.05, 4.69) is 11.2 Å². The fourth-order valence-electron chi connectivity index (χ4n) is 4.88. The fourth-order valence-corrected chi connectivity index (χ4v) is 4.88. The Hall–Kier alpha value is -2.96. The molecule has 1 aromatic heterocycles. The largest absolute Gasteiger partial charge is 0.507 e. The van der Waals surface area contributed by atoms with Crippen molar-refractivity contribution in [1.29, 1.82) is 5.41 Å². The van der Waals surface area contributed by atoms with Gasteiger partial charge in [0.1, 0.15) is 18.2 Å². The van der Waals surface area contributed by atoms with Gasteiger partial charge in [-0.2, -0.15) is 5.10 Å². The van der Waals surface area contributed by atoms with Crippen molar-refractivity contribution in [2.45, 2.75) is 79.2 Å². The van der Waals surface area contributed by atoms with E-state index in [-0.39, 0.29) is 18.7 Å². The van der Waals surface area contributed by atoms with E-state index in [0.29, 0.717) is 25.0 Å². The fraction of sp³-hybridized carbons (Fsp3) is 0.520. The summed E-state index contributed by atoms with van der Waals surface area (Å²) in [6.45, 7) is 7.52. The van der Waals surface area contributed by atoms with Gasteiger partial charge >= 0.3 is 5.97 Å². The van der Waals surface area contributed by atoms with Crippen LogP contribution in [0.1, 0.15) is 72.8 Å². The number of hydrogen-bond donors (Lipinski definition) is 3. The first-order valence-electron chi connectivity index (χ1n) is 11.5. The van der Waals surface area contributed by atoms with Crippen LogP contribution in [-0.4, -0.2) is 37.5 Å². The number of aromatic hydroxyl groups is 1. The Balaban J connectivity index is 1.96. The Morgan fingerprint density at radius 3 is 2.47 bits per heavy atom. The minimum Gasteiger partial charge on any atom is -0.507 e. The highest BCUT2D eigenvalue weighted by Gasteiger charge is 2.28. The van der Waals surface area contributed by atoms with Crippen LogP contribution in [0.4, 0.5) is 0 Å². The number of rotatable bonds is 10. The van der Waals surface area contributed by atoms with Crippen molar-refractivity contribution in [3.05, 3.63) is 45.3 Å². The maximum atomic E-state index is 12.7. The van der Waals surface area contributed by atoms with Gasteiger partial charge in [0, 0.05) is 17.7 Å². The molecule has 0 radical (unpaired) electrons. The number of ketones is 1. The lowest BCUT2D eigenvalue weighted by Crippen LogP contribution is -2.32. The number of phenolic OH excluding ortho intramolecular Hbond substituents is 1. The smallest absolute Gasteiger partial charge is 0.312 e. The van der Waals surface area contributed by atoms with Gasteiger partial charge in [0.05, 0.1) is 11.4 Å². The average molecular weight is 440 g/mol. The van der Waals surface area contributed by atoms with E-state index in [1.54, 1.807) is 11.6 Å². The van der Waals surface area contributed by atoms with Crippen molar-refractivity contribution < 1.29 is 19.8 Å². The summed E-state index contributed by atoms with van der Waals surface area (Å²) in [7, 11) is 0. The predicted octanol–water partition coefficient (Wildman–Crippen LogP) is 3.80. The number of carbonyl (C=O) groups excluding carboxylic acids is 1. The van der Waals surface area contributed by atoms with Crippen LogP contribution in [-0.2, 0) is 48.2 Å². The molecular formula is C25H33N3O4. The van der Waals surface area contributed by atoms with E-state index in [9.17, 15) is 19.8 Å². The van der Waals surface area contributed by atoms with Gasteiger partial charge in [-0.1, -0.05) is 26.8 Å². The lowest BCUT2D eigenvalue weighted by atomic mass is 9.92. The molecule has 1 aliphatic carbocycles. The van der Waals surface area contributed by atoms with Gasteiger partial charge in [0.2, 0.25) is 0 Å². The minimum absolute atomic E-state index is 0.120. The second-order valence-corrected chi connectivity index (χ2v) is 8.56. The van der Waals surface area contributed by atoms with Crippen LogP contribution in [0.2, 0.25) is 0 Å². The molecule has 1 atom stereocenters. The van der Waals surface area contributed by atoms with Crippen molar-refractivity contribution in [3.8, 4) is 5.75 Å². The quantitative estimate of drug-likeness (QED) is 0.487.